The first-order chi connectivity index (χ1) is 6.77. The quantitative estimate of drug-likeness (QED) is 0.831. The molecule has 1 aliphatic carbocycles. The van der Waals surface area contributed by atoms with Gasteiger partial charge in [-0.15, -0.1) is 0 Å². The second kappa shape index (κ2) is 4.28. The van der Waals surface area contributed by atoms with Crippen molar-refractivity contribution >= 4 is 11.6 Å². The molecule has 1 aromatic rings. The van der Waals surface area contributed by atoms with Gasteiger partial charge in [-0.2, -0.15) is 0 Å². The van der Waals surface area contributed by atoms with Gasteiger partial charge >= 0.3 is 0 Å². The van der Waals surface area contributed by atoms with E-state index in [1.165, 1.54) is 12.8 Å². The Bertz CT molecular complexity index is 312. The molecule has 1 unspecified atom stereocenters. The Labute approximate surface area is 88.9 Å². The van der Waals surface area contributed by atoms with E-state index in [1.54, 1.807) is 18.3 Å². The normalized spacial score (nSPS) is 18.1. The first-order valence-corrected chi connectivity index (χ1v) is 5.43. The van der Waals surface area contributed by atoms with E-state index < -0.39 is 6.10 Å². The predicted molar refractivity (Wildman–Crippen MR) is 56.2 cm³/mol. The lowest BCUT2D eigenvalue weighted by Gasteiger charge is -2.10. The molecule has 0 aliphatic heterocycles. The lowest BCUT2D eigenvalue weighted by molar-refractivity contribution is 0.158. The Balaban J connectivity index is 1.95. The Morgan fingerprint density at radius 1 is 1.57 bits per heavy atom. The summed E-state index contributed by atoms with van der Waals surface area (Å²) in [7, 11) is 0. The van der Waals surface area contributed by atoms with Gasteiger partial charge in [0.25, 0.3) is 0 Å². The lowest BCUT2D eigenvalue weighted by Crippen LogP contribution is -2.01. The standard InChI is InChI=1S/C11H14ClNO/c12-9-2-1-7-13-11(9)10(14)6-5-8-3-4-8/h1-2,7-8,10,14H,3-6H2. The van der Waals surface area contributed by atoms with Crippen molar-refractivity contribution in [3.8, 4) is 0 Å². The number of aromatic nitrogens is 1. The average molecular weight is 212 g/mol. The molecule has 1 aromatic heterocycles. The summed E-state index contributed by atoms with van der Waals surface area (Å²) >= 11 is 5.93. The van der Waals surface area contributed by atoms with Crippen LogP contribution in [0.5, 0.6) is 0 Å². The van der Waals surface area contributed by atoms with E-state index in [1.807, 2.05) is 0 Å². The summed E-state index contributed by atoms with van der Waals surface area (Å²) in [6.45, 7) is 0. The summed E-state index contributed by atoms with van der Waals surface area (Å²) in [6.07, 6.45) is 5.69. The first-order valence-electron chi connectivity index (χ1n) is 5.06. The van der Waals surface area contributed by atoms with Crippen molar-refractivity contribution in [1.82, 2.24) is 4.98 Å². The predicted octanol–water partition coefficient (Wildman–Crippen LogP) is 2.96. The molecule has 1 fully saturated rings. The van der Waals surface area contributed by atoms with E-state index in [9.17, 15) is 5.11 Å². The Hall–Kier alpha value is -0.600. The first kappa shape index (κ1) is 9.94. The Morgan fingerprint density at radius 3 is 3.00 bits per heavy atom. The van der Waals surface area contributed by atoms with Crippen molar-refractivity contribution in [3.63, 3.8) is 0 Å². The summed E-state index contributed by atoms with van der Waals surface area (Å²) in [5.41, 5.74) is 0.620. The Morgan fingerprint density at radius 2 is 2.36 bits per heavy atom. The van der Waals surface area contributed by atoms with Crippen LogP contribution in [0.25, 0.3) is 0 Å². The fourth-order valence-corrected chi connectivity index (χ4v) is 1.83. The number of rotatable bonds is 4. The van der Waals surface area contributed by atoms with E-state index in [2.05, 4.69) is 4.98 Å². The van der Waals surface area contributed by atoms with Gasteiger partial charge in [0.15, 0.2) is 0 Å². The summed E-state index contributed by atoms with van der Waals surface area (Å²) in [5, 5.41) is 10.4. The fraction of sp³-hybridized carbons (Fsp3) is 0.545. The van der Waals surface area contributed by atoms with Gasteiger partial charge in [-0.3, -0.25) is 4.98 Å². The van der Waals surface area contributed by atoms with Crippen LogP contribution in [-0.4, -0.2) is 10.1 Å². The summed E-state index contributed by atoms with van der Waals surface area (Å²) in [4.78, 5) is 4.09. The zero-order valence-electron chi connectivity index (χ0n) is 7.99. The van der Waals surface area contributed by atoms with Crippen LogP contribution in [0.1, 0.15) is 37.5 Å². The van der Waals surface area contributed by atoms with E-state index in [-0.39, 0.29) is 0 Å². The molecule has 14 heavy (non-hydrogen) atoms. The Kier molecular flexibility index (Phi) is 3.04. The molecule has 0 radical (unpaired) electrons. The number of halogens is 1. The van der Waals surface area contributed by atoms with Crippen LogP contribution >= 0.6 is 11.6 Å². The highest BCUT2D eigenvalue weighted by Crippen LogP contribution is 2.36. The van der Waals surface area contributed by atoms with Crippen LogP contribution < -0.4 is 0 Å². The molecule has 1 atom stereocenters. The molecule has 2 rings (SSSR count). The summed E-state index contributed by atoms with van der Waals surface area (Å²) in [5.74, 6) is 0.840. The van der Waals surface area contributed by atoms with Gasteiger partial charge in [-0.05, 0) is 30.9 Å². The summed E-state index contributed by atoms with van der Waals surface area (Å²) < 4.78 is 0. The maximum absolute atomic E-state index is 9.83. The monoisotopic (exact) mass is 211 g/mol. The van der Waals surface area contributed by atoms with Gasteiger partial charge < -0.3 is 5.11 Å². The number of nitrogens with zero attached hydrogens (tertiary/aromatic N) is 1. The van der Waals surface area contributed by atoms with Crippen LogP contribution in [0.15, 0.2) is 18.3 Å². The van der Waals surface area contributed by atoms with Gasteiger partial charge in [0.2, 0.25) is 0 Å². The van der Waals surface area contributed by atoms with Crippen molar-refractivity contribution in [2.75, 3.05) is 0 Å². The molecule has 1 N–H and O–H groups in total. The maximum atomic E-state index is 9.83. The average Bonchev–Trinajstić information content (AvgIpc) is 2.98. The smallest absolute Gasteiger partial charge is 0.0975 e. The molecule has 0 amide bonds. The third kappa shape index (κ3) is 2.46. The second-order valence-electron chi connectivity index (χ2n) is 3.91. The zero-order chi connectivity index (χ0) is 9.97. The minimum atomic E-state index is -0.496. The maximum Gasteiger partial charge on any atom is 0.0975 e. The van der Waals surface area contributed by atoms with E-state index in [4.69, 9.17) is 11.6 Å². The van der Waals surface area contributed by atoms with E-state index >= 15 is 0 Å². The van der Waals surface area contributed by atoms with Crippen LogP contribution in [0.4, 0.5) is 0 Å². The highest BCUT2D eigenvalue weighted by atomic mass is 35.5. The molecule has 2 nitrogen and oxygen atoms in total. The third-order valence-corrected chi connectivity index (χ3v) is 2.97. The number of aliphatic hydroxyl groups is 1. The highest BCUT2D eigenvalue weighted by Gasteiger charge is 2.23. The van der Waals surface area contributed by atoms with Gasteiger partial charge in [-0.25, -0.2) is 0 Å². The molecule has 0 bridgehead atoms. The molecule has 1 aliphatic rings. The second-order valence-corrected chi connectivity index (χ2v) is 4.31. The molecule has 1 saturated carbocycles. The van der Waals surface area contributed by atoms with Crippen LogP contribution in [-0.2, 0) is 0 Å². The van der Waals surface area contributed by atoms with Crippen LogP contribution in [0.3, 0.4) is 0 Å². The molecule has 3 heteroatoms. The number of aliphatic hydroxyl groups excluding tert-OH is 1. The minimum absolute atomic E-state index is 0.496. The summed E-state index contributed by atoms with van der Waals surface area (Å²) in [6, 6.07) is 3.55. The van der Waals surface area contributed by atoms with Crippen LogP contribution in [0, 0.1) is 5.92 Å². The molecule has 76 valence electrons. The lowest BCUT2D eigenvalue weighted by atomic mass is 10.1. The van der Waals surface area contributed by atoms with E-state index in [0.29, 0.717) is 10.7 Å². The SMILES string of the molecule is OC(CCC1CC1)c1ncccc1Cl. The fourth-order valence-electron chi connectivity index (χ4n) is 1.58. The van der Waals surface area contributed by atoms with Gasteiger partial charge in [0.1, 0.15) is 0 Å². The van der Waals surface area contributed by atoms with Crippen molar-refractivity contribution < 1.29 is 5.11 Å². The van der Waals surface area contributed by atoms with Crippen molar-refractivity contribution in [1.29, 1.82) is 0 Å². The van der Waals surface area contributed by atoms with E-state index in [0.717, 1.165) is 18.8 Å². The van der Waals surface area contributed by atoms with Gasteiger partial charge in [0.05, 0.1) is 16.8 Å². The highest BCUT2D eigenvalue weighted by molar-refractivity contribution is 6.31. The topological polar surface area (TPSA) is 33.1 Å². The molecular weight excluding hydrogens is 198 g/mol. The molecule has 0 spiro atoms. The van der Waals surface area contributed by atoms with Gasteiger partial charge in [0, 0.05) is 6.20 Å². The number of pyridine rings is 1. The van der Waals surface area contributed by atoms with Crippen molar-refractivity contribution in [3.05, 3.63) is 29.0 Å². The molecular formula is C11H14ClNO. The number of hydrogen-bond acceptors (Lipinski definition) is 2. The molecule has 1 heterocycles. The van der Waals surface area contributed by atoms with Crippen molar-refractivity contribution in [2.45, 2.75) is 31.8 Å². The van der Waals surface area contributed by atoms with Gasteiger partial charge in [-0.1, -0.05) is 24.4 Å². The molecule has 0 aromatic carbocycles. The zero-order valence-corrected chi connectivity index (χ0v) is 8.74. The third-order valence-electron chi connectivity index (χ3n) is 2.65. The van der Waals surface area contributed by atoms with Crippen LogP contribution in [0.2, 0.25) is 5.02 Å². The minimum Gasteiger partial charge on any atom is -0.387 e. The number of hydrogen-bond donors (Lipinski definition) is 1. The molecule has 0 saturated heterocycles. The van der Waals surface area contributed by atoms with Crippen molar-refractivity contribution in [2.24, 2.45) is 5.92 Å². The largest absolute Gasteiger partial charge is 0.387 e.